The highest BCUT2D eigenvalue weighted by Gasteiger charge is 2.25. The molecule has 36 heavy (non-hydrogen) atoms. The van der Waals surface area contributed by atoms with Gasteiger partial charge < -0.3 is 9.64 Å². The Labute approximate surface area is 212 Å². The molecule has 0 bridgehead atoms. The Morgan fingerprint density at radius 1 is 1.08 bits per heavy atom. The van der Waals surface area contributed by atoms with Crippen molar-refractivity contribution in [1.82, 2.24) is 9.55 Å². The van der Waals surface area contributed by atoms with Crippen LogP contribution in [0, 0.1) is 0 Å². The fraction of sp³-hybridized carbons (Fsp3) is 0.286. The Bertz CT molecular complexity index is 1590. The molecule has 0 radical (unpaired) electrons. The molecule has 0 saturated heterocycles. The number of Topliss-reactive ketones (excluding diaryl/α,β-unsaturated/α-hetero) is 1. The van der Waals surface area contributed by atoms with Gasteiger partial charge in [0.2, 0.25) is 0 Å². The zero-order chi connectivity index (χ0) is 24.8. The van der Waals surface area contributed by atoms with Crippen molar-refractivity contribution in [3.63, 3.8) is 0 Å². The molecule has 1 aliphatic heterocycles. The highest BCUT2D eigenvalue weighted by molar-refractivity contribution is 7.17. The topological polar surface area (TPSA) is 81.5 Å². The van der Waals surface area contributed by atoms with E-state index >= 15 is 0 Å². The molecule has 3 heterocycles. The number of aryl methyl sites for hydroxylation is 2. The normalized spacial score (nSPS) is 14.9. The van der Waals surface area contributed by atoms with Crippen LogP contribution in [0.15, 0.2) is 52.9 Å². The van der Waals surface area contributed by atoms with Crippen LogP contribution in [-0.2, 0) is 24.2 Å². The number of carbonyl (C=O) groups is 2. The molecule has 0 fully saturated rings. The van der Waals surface area contributed by atoms with Crippen molar-refractivity contribution in [2.75, 3.05) is 18.1 Å². The van der Waals surface area contributed by atoms with Gasteiger partial charge in [-0.2, -0.15) is 0 Å². The van der Waals surface area contributed by atoms with E-state index in [9.17, 15) is 14.4 Å². The Morgan fingerprint density at radius 3 is 2.75 bits per heavy atom. The summed E-state index contributed by atoms with van der Waals surface area (Å²) in [5.41, 5.74) is 5.40. The molecule has 0 saturated carbocycles. The van der Waals surface area contributed by atoms with Crippen LogP contribution in [-0.4, -0.2) is 34.4 Å². The number of rotatable bonds is 5. The molecule has 2 aromatic carbocycles. The Morgan fingerprint density at radius 2 is 1.92 bits per heavy atom. The van der Waals surface area contributed by atoms with Crippen molar-refractivity contribution >= 4 is 38.9 Å². The molecule has 0 unspecified atom stereocenters. The number of thiophene rings is 1. The summed E-state index contributed by atoms with van der Waals surface area (Å²) in [5, 5.41) is 2.53. The number of ketones is 1. The van der Waals surface area contributed by atoms with E-state index in [0.717, 1.165) is 24.0 Å². The summed E-state index contributed by atoms with van der Waals surface area (Å²) < 4.78 is 6.88. The van der Waals surface area contributed by atoms with E-state index in [1.165, 1.54) is 46.2 Å². The second-order valence-electron chi connectivity index (χ2n) is 9.23. The SMILES string of the molecule is CCN1C(=O)COc2ccc(C(=O)Cn3cnc4scc(-c5ccc6c(c5)CCCC6)c4c3=O)cc21. The first-order chi connectivity index (χ1) is 17.5. The zero-order valence-corrected chi connectivity index (χ0v) is 20.8. The number of benzene rings is 2. The average molecular weight is 500 g/mol. The van der Waals surface area contributed by atoms with Gasteiger partial charge in [-0.1, -0.05) is 18.2 Å². The molecule has 4 aromatic rings. The van der Waals surface area contributed by atoms with E-state index in [2.05, 4.69) is 23.2 Å². The lowest BCUT2D eigenvalue weighted by Gasteiger charge is -2.28. The van der Waals surface area contributed by atoms with Gasteiger partial charge in [-0.3, -0.25) is 19.0 Å². The molecule has 1 aliphatic carbocycles. The molecule has 7 nitrogen and oxygen atoms in total. The largest absolute Gasteiger partial charge is 0.482 e. The van der Waals surface area contributed by atoms with E-state index in [1.54, 1.807) is 23.1 Å². The Hall–Kier alpha value is -3.78. The van der Waals surface area contributed by atoms with E-state index < -0.39 is 0 Å². The van der Waals surface area contributed by atoms with Crippen LogP contribution in [0.4, 0.5) is 5.69 Å². The first-order valence-electron chi connectivity index (χ1n) is 12.2. The third kappa shape index (κ3) is 3.82. The van der Waals surface area contributed by atoms with Crippen LogP contribution in [0.5, 0.6) is 5.75 Å². The Kier molecular flexibility index (Phi) is 5.68. The molecule has 6 rings (SSSR count). The number of carbonyl (C=O) groups excluding carboxylic acids is 2. The summed E-state index contributed by atoms with van der Waals surface area (Å²) in [4.78, 5) is 45.7. The minimum absolute atomic E-state index is 0.0115. The lowest BCUT2D eigenvalue weighted by Crippen LogP contribution is -2.38. The lowest BCUT2D eigenvalue weighted by atomic mass is 9.89. The number of fused-ring (bicyclic) bond motifs is 3. The van der Waals surface area contributed by atoms with Crippen molar-refractivity contribution < 1.29 is 14.3 Å². The predicted molar refractivity (Wildman–Crippen MR) is 140 cm³/mol. The lowest BCUT2D eigenvalue weighted by molar-refractivity contribution is -0.121. The maximum Gasteiger partial charge on any atom is 0.265 e. The fourth-order valence-electron chi connectivity index (χ4n) is 5.16. The molecule has 8 heteroatoms. The van der Waals surface area contributed by atoms with Gasteiger partial charge in [0.05, 0.1) is 23.9 Å². The minimum Gasteiger partial charge on any atom is -0.482 e. The van der Waals surface area contributed by atoms with Gasteiger partial charge in [0.15, 0.2) is 12.4 Å². The van der Waals surface area contributed by atoms with Gasteiger partial charge in [0.25, 0.3) is 11.5 Å². The maximum atomic E-state index is 13.5. The maximum absolute atomic E-state index is 13.5. The summed E-state index contributed by atoms with van der Waals surface area (Å²) in [6.07, 6.45) is 6.03. The van der Waals surface area contributed by atoms with Crippen molar-refractivity contribution in [2.24, 2.45) is 0 Å². The molecular weight excluding hydrogens is 474 g/mol. The standard InChI is InChI=1S/C28H25N3O4S/c1-2-31-22-12-20(9-10-24(22)35-14-25(31)33)23(32)13-30-16-29-27-26(28(30)34)21(15-36-27)19-8-7-17-5-3-4-6-18(17)11-19/h7-12,15-16H,2-6,13-14H2,1H3. The predicted octanol–water partition coefficient (Wildman–Crippen LogP) is 4.63. The first kappa shape index (κ1) is 22.7. The monoisotopic (exact) mass is 499 g/mol. The van der Waals surface area contributed by atoms with E-state index in [4.69, 9.17) is 4.74 Å². The van der Waals surface area contributed by atoms with Crippen LogP contribution < -0.4 is 15.2 Å². The fourth-order valence-corrected chi connectivity index (χ4v) is 6.07. The van der Waals surface area contributed by atoms with Gasteiger partial charge in [0.1, 0.15) is 10.6 Å². The van der Waals surface area contributed by atoms with Gasteiger partial charge in [-0.05, 0) is 67.5 Å². The quantitative estimate of drug-likeness (QED) is 0.374. The zero-order valence-electron chi connectivity index (χ0n) is 20.0. The third-order valence-corrected chi connectivity index (χ3v) is 7.96. The van der Waals surface area contributed by atoms with E-state index in [1.807, 2.05) is 12.3 Å². The molecular formula is C28H25N3O4S. The molecule has 0 atom stereocenters. The van der Waals surface area contributed by atoms with Crippen LogP contribution in [0.2, 0.25) is 0 Å². The van der Waals surface area contributed by atoms with Crippen molar-refractivity contribution in [3.05, 3.63) is 75.1 Å². The van der Waals surface area contributed by atoms with Crippen LogP contribution in [0.1, 0.15) is 41.3 Å². The summed E-state index contributed by atoms with van der Waals surface area (Å²) in [5.74, 6) is 0.189. The third-order valence-electron chi connectivity index (χ3n) is 7.07. The number of likely N-dealkylation sites (N-methyl/N-ethyl adjacent to an activating group) is 1. The van der Waals surface area contributed by atoms with Crippen molar-refractivity contribution in [1.29, 1.82) is 0 Å². The first-order valence-corrected chi connectivity index (χ1v) is 13.1. The smallest absolute Gasteiger partial charge is 0.265 e. The number of hydrogen-bond donors (Lipinski definition) is 0. The van der Waals surface area contributed by atoms with Crippen molar-refractivity contribution in [3.8, 4) is 16.9 Å². The highest BCUT2D eigenvalue weighted by atomic mass is 32.1. The van der Waals surface area contributed by atoms with E-state index in [0.29, 0.717) is 33.8 Å². The second-order valence-corrected chi connectivity index (χ2v) is 10.1. The molecule has 0 N–H and O–H groups in total. The second kappa shape index (κ2) is 9.02. The van der Waals surface area contributed by atoms with Crippen LogP contribution >= 0.6 is 11.3 Å². The summed E-state index contributed by atoms with van der Waals surface area (Å²) in [6.45, 7) is 2.21. The Balaban J connectivity index is 1.34. The van der Waals surface area contributed by atoms with E-state index in [-0.39, 0.29) is 30.4 Å². The summed E-state index contributed by atoms with van der Waals surface area (Å²) >= 11 is 1.44. The number of anilines is 1. The molecule has 2 aliphatic rings. The number of nitrogens with zero attached hydrogens (tertiary/aromatic N) is 3. The number of ether oxygens (including phenoxy) is 1. The summed E-state index contributed by atoms with van der Waals surface area (Å²) in [7, 11) is 0. The van der Waals surface area contributed by atoms with Crippen LogP contribution in [0.3, 0.4) is 0 Å². The van der Waals surface area contributed by atoms with Crippen LogP contribution in [0.25, 0.3) is 21.3 Å². The van der Waals surface area contributed by atoms with Gasteiger partial charge >= 0.3 is 0 Å². The minimum atomic E-state index is -0.235. The summed E-state index contributed by atoms with van der Waals surface area (Å²) in [6, 6.07) is 11.5. The number of hydrogen-bond acceptors (Lipinski definition) is 6. The van der Waals surface area contributed by atoms with Crippen molar-refractivity contribution in [2.45, 2.75) is 39.2 Å². The molecule has 182 valence electrons. The number of aromatic nitrogens is 2. The molecule has 1 amide bonds. The average Bonchev–Trinajstić information content (AvgIpc) is 3.34. The van der Waals surface area contributed by atoms with Gasteiger partial charge in [-0.25, -0.2) is 4.98 Å². The molecule has 2 aromatic heterocycles. The van der Waals surface area contributed by atoms with Gasteiger partial charge in [-0.15, -0.1) is 11.3 Å². The molecule has 0 spiro atoms. The number of amides is 1. The highest BCUT2D eigenvalue weighted by Crippen LogP contribution is 2.34. The van der Waals surface area contributed by atoms with Gasteiger partial charge in [0, 0.05) is 23.1 Å².